The normalized spacial score (nSPS) is 23.9. The number of nitrogens with one attached hydrogen (secondary N) is 1. The molecule has 1 saturated heterocycles. The maximum atomic E-state index is 13.1. The Morgan fingerprint density at radius 1 is 1.09 bits per heavy atom. The third-order valence-electron chi connectivity index (χ3n) is 7.21. The van der Waals surface area contributed by atoms with Crippen LogP contribution in [0, 0.1) is 10.8 Å². The molecule has 1 aromatic heterocycles. The van der Waals surface area contributed by atoms with Crippen molar-refractivity contribution in [1.29, 1.82) is 0 Å². The van der Waals surface area contributed by atoms with Crippen molar-refractivity contribution < 1.29 is 9.53 Å². The molecule has 1 N–H and O–H groups in total. The van der Waals surface area contributed by atoms with Crippen LogP contribution in [0.5, 0.6) is 5.75 Å². The number of para-hydroxylation sites is 1. The fourth-order valence-corrected chi connectivity index (χ4v) is 5.70. The maximum absolute atomic E-state index is 13.1. The van der Waals surface area contributed by atoms with Gasteiger partial charge in [0.25, 0.3) is 5.91 Å². The second-order valence-electron chi connectivity index (χ2n) is 10.3. The summed E-state index contributed by atoms with van der Waals surface area (Å²) in [7, 11) is 0. The summed E-state index contributed by atoms with van der Waals surface area (Å²) in [5.41, 5.74) is 0.184. The molecule has 0 bridgehead atoms. The Morgan fingerprint density at radius 3 is 2.33 bits per heavy atom. The molecule has 4 rings (SSSR count). The van der Waals surface area contributed by atoms with Crippen LogP contribution in [0.4, 0.5) is 5.82 Å². The van der Waals surface area contributed by atoms with Crippen LogP contribution < -0.4 is 15.0 Å². The number of hydrogen-bond acceptors (Lipinski definition) is 5. The zero-order valence-corrected chi connectivity index (χ0v) is 20.3. The Balaban J connectivity index is 1.37. The number of aromatic nitrogens is 1. The first-order chi connectivity index (χ1) is 15.7. The highest BCUT2D eigenvalue weighted by molar-refractivity contribution is 5.94. The van der Waals surface area contributed by atoms with Crippen LogP contribution in [0.15, 0.2) is 61.3 Å². The standard InChI is InChI=1S/C27H36N4O2/c1-6-14-30-15-17-31(18-16-30)22-13-12-20(19-28-22)23(32)29-24-26(2,3)25(27(24,4)5)33-21-10-8-7-9-11-21/h6-13,19,24-25H,1,14-18H2,2-5H3,(H,29,32)/t24-,25-. The van der Waals surface area contributed by atoms with Gasteiger partial charge in [0.05, 0.1) is 5.56 Å². The Morgan fingerprint density at radius 2 is 1.76 bits per heavy atom. The highest BCUT2D eigenvalue weighted by Gasteiger charge is 2.64. The van der Waals surface area contributed by atoms with Crippen LogP contribution in [-0.2, 0) is 0 Å². The lowest BCUT2D eigenvalue weighted by Gasteiger charge is -2.63. The molecule has 0 spiro atoms. The SMILES string of the molecule is C=CCN1CCN(c2ccc(C(=O)N[C@H]3C(C)(C)[C@H](Oc4ccccc4)C3(C)C)cn2)CC1. The molecular weight excluding hydrogens is 412 g/mol. The van der Waals surface area contributed by atoms with E-state index in [0.717, 1.165) is 44.3 Å². The number of benzene rings is 1. The molecule has 1 aliphatic heterocycles. The number of ether oxygens (including phenoxy) is 1. The fraction of sp³-hybridized carbons (Fsp3) is 0.481. The van der Waals surface area contributed by atoms with Gasteiger partial charge in [-0.3, -0.25) is 9.69 Å². The van der Waals surface area contributed by atoms with E-state index in [1.165, 1.54) is 0 Å². The predicted octanol–water partition coefficient (Wildman–Crippen LogP) is 4.00. The first-order valence-electron chi connectivity index (χ1n) is 11.8. The highest BCUT2D eigenvalue weighted by Crippen LogP contribution is 2.55. The zero-order valence-electron chi connectivity index (χ0n) is 20.3. The van der Waals surface area contributed by atoms with Gasteiger partial charge in [-0.25, -0.2) is 4.98 Å². The molecule has 1 aliphatic carbocycles. The Hall–Kier alpha value is -2.86. The van der Waals surface area contributed by atoms with Gasteiger partial charge >= 0.3 is 0 Å². The Kier molecular flexibility index (Phi) is 6.48. The molecule has 0 radical (unpaired) electrons. The summed E-state index contributed by atoms with van der Waals surface area (Å²) in [4.78, 5) is 22.3. The molecule has 1 aromatic carbocycles. The average Bonchev–Trinajstić information content (AvgIpc) is 2.82. The minimum atomic E-state index is -0.201. The van der Waals surface area contributed by atoms with Gasteiger partial charge in [0.2, 0.25) is 0 Å². The van der Waals surface area contributed by atoms with E-state index in [4.69, 9.17) is 4.74 Å². The maximum Gasteiger partial charge on any atom is 0.253 e. The van der Waals surface area contributed by atoms with Crippen LogP contribution in [0.25, 0.3) is 0 Å². The topological polar surface area (TPSA) is 57.7 Å². The van der Waals surface area contributed by atoms with Gasteiger partial charge in [0.1, 0.15) is 17.7 Å². The monoisotopic (exact) mass is 448 g/mol. The summed E-state index contributed by atoms with van der Waals surface area (Å²) < 4.78 is 6.33. The lowest BCUT2D eigenvalue weighted by Crippen LogP contribution is -2.74. The molecule has 2 aromatic rings. The molecule has 176 valence electrons. The molecule has 33 heavy (non-hydrogen) atoms. The molecule has 2 heterocycles. The van der Waals surface area contributed by atoms with Crippen molar-refractivity contribution in [2.75, 3.05) is 37.6 Å². The van der Waals surface area contributed by atoms with Crippen molar-refractivity contribution in [2.45, 2.75) is 39.8 Å². The van der Waals surface area contributed by atoms with Gasteiger partial charge in [-0.15, -0.1) is 6.58 Å². The number of anilines is 1. The van der Waals surface area contributed by atoms with E-state index in [2.05, 4.69) is 54.4 Å². The number of pyridine rings is 1. The second kappa shape index (κ2) is 9.18. The molecular formula is C27H36N4O2. The van der Waals surface area contributed by atoms with E-state index in [0.29, 0.717) is 5.56 Å². The van der Waals surface area contributed by atoms with Crippen LogP contribution in [0.3, 0.4) is 0 Å². The lowest BCUT2D eigenvalue weighted by atomic mass is 9.49. The summed E-state index contributed by atoms with van der Waals surface area (Å²) in [5.74, 6) is 1.69. The minimum Gasteiger partial charge on any atom is -0.489 e. The molecule has 1 amide bonds. The predicted molar refractivity (Wildman–Crippen MR) is 133 cm³/mol. The first-order valence-corrected chi connectivity index (χ1v) is 11.8. The van der Waals surface area contributed by atoms with Gasteiger partial charge < -0.3 is 15.0 Å². The quantitative estimate of drug-likeness (QED) is 0.649. The van der Waals surface area contributed by atoms with E-state index in [9.17, 15) is 4.79 Å². The first kappa shape index (κ1) is 23.3. The van der Waals surface area contributed by atoms with E-state index >= 15 is 0 Å². The molecule has 2 aliphatic rings. The third-order valence-corrected chi connectivity index (χ3v) is 7.21. The van der Waals surface area contributed by atoms with Crippen LogP contribution in [0.2, 0.25) is 0 Å². The minimum absolute atomic E-state index is 0.00189. The van der Waals surface area contributed by atoms with Gasteiger partial charge in [0, 0.05) is 55.8 Å². The highest BCUT2D eigenvalue weighted by atomic mass is 16.5. The number of amides is 1. The summed E-state index contributed by atoms with van der Waals surface area (Å²) >= 11 is 0. The molecule has 6 heteroatoms. The van der Waals surface area contributed by atoms with Crippen LogP contribution in [-0.4, -0.2) is 60.7 Å². The van der Waals surface area contributed by atoms with E-state index in [1.54, 1.807) is 6.20 Å². The number of hydrogen-bond donors (Lipinski definition) is 1. The van der Waals surface area contributed by atoms with Crippen molar-refractivity contribution in [1.82, 2.24) is 15.2 Å². The number of nitrogens with zero attached hydrogens (tertiary/aromatic N) is 3. The van der Waals surface area contributed by atoms with E-state index in [1.807, 2.05) is 48.5 Å². The number of carbonyl (C=O) groups is 1. The Bertz CT molecular complexity index is 947. The van der Waals surface area contributed by atoms with Crippen molar-refractivity contribution in [3.05, 3.63) is 66.9 Å². The van der Waals surface area contributed by atoms with Crippen molar-refractivity contribution >= 4 is 11.7 Å². The van der Waals surface area contributed by atoms with Crippen LogP contribution >= 0.6 is 0 Å². The summed E-state index contributed by atoms with van der Waals surface area (Å²) in [5, 5.41) is 3.26. The second-order valence-corrected chi connectivity index (χ2v) is 10.3. The van der Waals surface area contributed by atoms with E-state index in [-0.39, 0.29) is 28.9 Å². The summed E-state index contributed by atoms with van der Waals surface area (Å²) in [6, 6.07) is 13.7. The van der Waals surface area contributed by atoms with Gasteiger partial charge in [-0.05, 0) is 24.3 Å². The van der Waals surface area contributed by atoms with Crippen molar-refractivity contribution in [3.63, 3.8) is 0 Å². The molecule has 1 saturated carbocycles. The number of rotatable bonds is 7. The van der Waals surface area contributed by atoms with E-state index < -0.39 is 0 Å². The van der Waals surface area contributed by atoms with Gasteiger partial charge in [-0.1, -0.05) is 52.0 Å². The van der Waals surface area contributed by atoms with Gasteiger partial charge in [0.15, 0.2) is 0 Å². The summed E-state index contributed by atoms with van der Waals surface area (Å²) in [6.07, 6.45) is 3.64. The van der Waals surface area contributed by atoms with Crippen molar-refractivity contribution in [2.24, 2.45) is 10.8 Å². The van der Waals surface area contributed by atoms with Gasteiger partial charge in [-0.2, -0.15) is 0 Å². The summed E-state index contributed by atoms with van der Waals surface area (Å²) in [6.45, 7) is 17.2. The number of piperazine rings is 1. The molecule has 0 atom stereocenters. The number of carbonyl (C=O) groups excluding carboxylic acids is 1. The van der Waals surface area contributed by atoms with Crippen LogP contribution in [0.1, 0.15) is 38.1 Å². The zero-order chi connectivity index (χ0) is 23.6. The molecule has 0 unspecified atom stereocenters. The Labute approximate surface area is 197 Å². The molecule has 2 fully saturated rings. The van der Waals surface area contributed by atoms with Crippen molar-refractivity contribution in [3.8, 4) is 5.75 Å². The largest absolute Gasteiger partial charge is 0.489 e. The smallest absolute Gasteiger partial charge is 0.253 e. The molecule has 6 nitrogen and oxygen atoms in total. The fourth-order valence-electron chi connectivity index (χ4n) is 5.70. The average molecular weight is 449 g/mol. The lowest BCUT2D eigenvalue weighted by molar-refractivity contribution is -0.164. The third kappa shape index (κ3) is 4.62.